The molecule has 1 aromatic carbocycles. The van der Waals surface area contributed by atoms with Crippen LogP contribution in [-0.2, 0) is 4.79 Å². The summed E-state index contributed by atoms with van der Waals surface area (Å²) in [6.45, 7) is 6.22. The molecule has 3 N–H and O–H groups in total. The Bertz CT molecular complexity index is 979. The molecule has 0 bridgehead atoms. The molecule has 0 aliphatic carbocycles. The molecule has 0 spiro atoms. The summed E-state index contributed by atoms with van der Waals surface area (Å²) in [5, 5.41) is 6.10. The summed E-state index contributed by atoms with van der Waals surface area (Å²) in [6.07, 6.45) is 4.90. The zero-order chi connectivity index (χ0) is 21.0. The minimum absolute atomic E-state index is 0.0423. The lowest BCUT2D eigenvalue weighted by atomic mass is 9.92. The fraction of sp³-hybridized carbons (Fsp3) is 0.381. The molecule has 154 valence electrons. The van der Waals surface area contributed by atoms with Crippen LogP contribution in [0.3, 0.4) is 0 Å². The van der Waals surface area contributed by atoms with Crippen molar-refractivity contribution in [3.8, 4) is 11.4 Å². The minimum atomic E-state index is -0.298. The van der Waals surface area contributed by atoms with E-state index in [1.807, 2.05) is 41.3 Å². The molecule has 8 heteroatoms. The molecule has 0 saturated carbocycles. The number of nitrogens with two attached hydrogens (primary N) is 1. The Morgan fingerprint density at radius 2 is 2.17 bits per heavy atom. The minimum Gasteiger partial charge on any atom is -0.494 e. The molecule has 7 nitrogen and oxygen atoms in total. The lowest BCUT2D eigenvalue weighted by Gasteiger charge is -2.15. The Kier molecular flexibility index (Phi) is 6.53. The molecule has 0 unspecified atom stereocenters. The van der Waals surface area contributed by atoms with E-state index in [9.17, 15) is 4.79 Å². The molecule has 1 amide bonds. The number of benzene rings is 1. The Balaban J connectivity index is 1.79. The van der Waals surface area contributed by atoms with Gasteiger partial charge in [-0.2, -0.15) is 0 Å². The van der Waals surface area contributed by atoms with Crippen molar-refractivity contribution in [1.82, 2.24) is 14.5 Å². The van der Waals surface area contributed by atoms with Gasteiger partial charge >= 0.3 is 0 Å². The molecule has 0 fully saturated rings. The topological polar surface area (TPSA) is 95.1 Å². The quantitative estimate of drug-likeness (QED) is 0.542. The fourth-order valence-corrected chi connectivity index (χ4v) is 4.11. The lowest BCUT2D eigenvalue weighted by Crippen LogP contribution is -2.16. The second-order valence-electron chi connectivity index (χ2n) is 7.51. The summed E-state index contributed by atoms with van der Waals surface area (Å²) in [7, 11) is 1.65. The van der Waals surface area contributed by atoms with Gasteiger partial charge in [0.1, 0.15) is 5.75 Å². The number of anilines is 2. The smallest absolute Gasteiger partial charge is 0.218 e. The number of rotatable bonds is 9. The van der Waals surface area contributed by atoms with Crippen LogP contribution >= 0.6 is 11.3 Å². The van der Waals surface area contributed by atoms with E-state index in [0.29, 0.717) is 12.3 Å². The van der Waals surface area contributed by atoms with Gasteiger partial charge in [-0.1, -0.05) is 13.8 Å². The third kappa shape index (κ3) is 5.35. The number of methoxy groups -OCH3 is 1. The van der Waals surface area contributed by atoms with E-state index in [-0.39, 0.29) is 11.8 Å². The summed E-state index contributed by atoms with van der Waals surface area (Å²) < 4.78 is 7.49. The number of aromatic nitrogens is 3. The van der Waals surface area contributed by atoms with Crippen LogP contribution in [0.2, 0.25) is 0 Å². The monoisotopic (exact) mass is 413 g/mol. The van der Waals surface area contributed by atoms with E-state index in [1.54, 1.807) is 13.4 Å². The summed E-state index contributed by atoms with van der Waals surface area (Å²) in [5.74, 6) is 0.936. The molecule has 29 heavy (non-hydrogen) atoms. The standard InChI is InChI=1S/C21H27N5O2S/c1-13(2)7-15(8-20(22)27)17-11-29-21(25-17)24-16-5-6-18(19(9-16)28-4)26-10-14(3)23-12-26/h5-6,9-13,15H,7-8H2,1-4H3,(H2,22,27)(H,24,25)/t15-/m0/s1. The fourth-order valence-electron chi connectivity index (χ4n) is 3.30. The number of nitrogens with zero attached hydrogens (tertiary/aromatic N) is 3. The van der Waals surface area contributed by atoms with Crippen LogP contribution in [0.1, 0.15) is 44.0 Å². The SMILES string of the molecule is COc1cc(Nc2nc([C@H](CC(N)=O)CC(C)C)cs2)ccc1-n1cnc(C)c1. The van der Waals surface area contributed by atoms with Crippen LogP contribution in [0, 0.1) is 12.8 Å². The number of imidazole rings is 1. The lowest BCUT2D eigenvalue weighted by molar-refractivity contribution is -0.118. The third-order valence-electron chi connectivity index (χ3n) is 4.56. The van der Waals surface area contributed by atoms with E-state index < -0.39 is 0 Å². The normalized spacial score (nSPS) is 12.2. The molecule has 0 saturated heterocycles. The van der Waals surface area contributed by atoms with Crippen LogP contribution in [0.25, 0.3) is 5.69 Å². The average Bonchev–Trinajstić information content (AvgIpc) is 3.29. The molecular weight excluding hydrogens is 386 g/mol. The maximum absolute atomic E-state index is 11.4. The number of hydrogen-bond donors (Lipinski definition) is 2. The summed E-state index contributed by atoms with van der Waals surface area (Å²) in [4.78, 5) is 20.4. The number of aryl methyl sites for hydroxylation is 1. The number of carbonyl (C=O) groups excluding carboxylic acids is 1. The molecule has 3 rings (SSSR count). The zero-order valence-electron chi connectivity index (χ0n) is 17.2. The van der Waals surface area contributed by atoms with E-state index in [0.717, 1.165) is 40.1 Å². The van der Waals surface area contributed by atoms with Gasteiger partial charge in [0.15, 0.2) is 5.13 Å². The molecule has 1 atom stereocenters. The van der Waals surface area contributed by atoms with Crippen molar-refractivity contribution in [1.29, 1.82) is 0 Å². The number of primary amides is 1. The predicted molar refractivity (Wildman–Crippen MR) is 116 cm³/mol. The highest BCUT2D eigenvalue weighted by molar-refractivity contribution is 7.13. The predicted octanol–water partition coefficient (Wildman–Crippen LogP) is 4.39. The van der Waals surface area contributed by atoms with Crippen LogP contribution in [0.15, 0.2) is 36.1 Å². The first-order valence-corrected chi connectivity index (χ1v) is 10.4. The maximum atomic E-state index is 11.4. The van der Waals surface area contributed by atoms with Crippen molar-refractivity contribution in [2.45, 2.75) is 39.5 Å². The van der Waals surface area contributed by atoms with Crippen LogP contribution in [-0.4, -0.2) is 27.6 Å². The van der Waals surface area contributed by atoms with E-state index >= 15 is 0 Å². The molecule has 0 aliphatic heterocycles. The van der Waals surface area contributed by atoms with Gasteiger partial charge in [0.25, 0.3) is 0 Å². The largest absolute Gasteiger partial charge is 0.494 e. The van der Waals surface area contributed by atoms with Gasteiger partial charge in [0, 0.05) is 35.7 Å². The molecule has 0 radical (unpaired) electrons. The van der Waals surface area contributed by atoms with Crippen molar-refractivity contribution in [3.05, 3.63) is 47.5 Å². The molecular formula is C21H27N5O2S. The Labute approximate surface area is 174 Å². The van der Waals surface area contributed by atoms with E-state index in [1.165, 1.54) is 11.3 Å². The Morgan fingerprint density at radius 3 is 2.79 bits per heavy atom. The molecule has 0 aliphatic rings. The first-order valence-electron chi connectivity index (χ1n) is 9.55. The number of amides is 1. The van der Waals surface area contributed by atoms with Gasteiger partial charge in [-0.25, -0.2) is 9.97 Å². The number of nitrogens with one attached hydrogen (secondary N) is 1. The highest BCUT2D eigenvalue weighted by atomic mass is 32.1. The van der Waals surface area contributed by atoms with Gasteiger partial charge in [-0.05, 0) is 31.4 Å². The summed E-state index contributed by atoms with van der Waals surface area (Å²) in [5.41, 5.74) is 9.07. The van der Waals surface area contributed by atoms with Gasteiger partial charge in [-0.15, -0.1) is 11.3 Å². The van der Waals surface area contributed by atoms with Crippen LogP contribution < -0.4 is 15.8 Å². The third-order valence-corrected chi connectivity index (χ3v) is 5.34. The maximum Gasteiger partial charge on any atom is 0.218 e. The first kappa shape index (κ1) is 20.9. The first-order chi connectivity index (χ1) is 13.9. The van der Waals surface area contributed by atoms with Gasteiger partial charge in [0.2, 0.25) is 5.91 Å². The van der Waals surface area contributed by atoms with E-state index in [2.05, 4.69) is 24.1 Å². The second-order valence-corrected chi connectivity index (χ2v) is 8.37. The second kappa shape index (κ2) is 9.09. The number of carbonyl (C=O) groups is 1. The Morgan fingerprint density at radius 1 is 1.38 bits per heavy atom. The van der Waals surface area contributed by atoms with Crippen LogP contribution in [0.4, 0.5) is 10.8 Å². The summed E-state index contributed by atoms with van der Waals surface area (Å²) >= 11 is 1.51. The highest BCUT2D eigenvalue weighted by Gasteiger charge is 2.19. The number of thiazole rings is 1. The summed E-state index contributed by atoms with van der Waals surface area (Å²) in [6, 6.07) is 5.88. The zero-order valence-corrected chi connectivity index (χ0v) is 18.0. The average molecular weight is 414 g/mol. The van der Waals surface area contributed by atoms with Crippen LogP contribution in [0.5, 0.6) is 5.75 Å². The van der Waals surface area contributed by atoms with Crippen molar-refractivity contribution in [2.24, 2.45) is 11.7 Å². The van der Waals surface area contributed by atoms with Gasteiger partial charge in [-0.3, -0.25) is 4.79 Å². The van der Waals surface area contributed by atoms with Crippen molar-refractivity contribution < 1.29 is 9.53 Å². The highest BCUT2D eigenvalue weighted by Crippen LogP contribution is 2.33. The van der Waals surface area contributed by atoms with Crippen molar-refractivity contribution >= 4 is 28.1 Å². The van der Waals surface area contributed by atoms with E-state index in [4.69, 9.17) is 15.5 Å². The molecule has 2 aromatic heterocycles. The number of hydrogen-bond acceptors (Lipinski definition) is 6. The van der Waals surface area contributed by atoms with Gasteiger partial charge < -0.3 is 20.4 Å². The van der Waals surface area contributed by atoms with Crippen molar-refractivity contribution in [3.63, 3.8) is 0 Å². The van der Waals surface area contributed by atoms with Gasteiger partial charge in [0.05, 0.1) is 30.5 Å². The molecule has 2 heterocycles. The molecule has 3 aromatic rings. The Hall–Kier alpha value is -2.87. The number of ether oxygens (including phenoxy) is 1. The van der Waals surface area contributed by atoms with Crippen molar-refractivity contribution in [2.75, 3.05) is 12.4 Å².